The maximum Gasteiger partial charge on any atom is 0.240 e. The lowest BCUT2D eigenvalue weighted by Crippen LogP contribution is -2.35. The molecule has 3 aromatic heterocycles. The third-order valence-electron chi connectivity index (χ3n) is 6.82. The first-order valence-electron chi connectivity index (χ1n) is 13.6. The summed E-state index contributed by atoms with van der Waals surface area (Å²) in [6.45, 7) is 13.4. The monoisotopic (exact) mass is 528 g/mol. The van der Waals surface area contributed by atoms with Crippen LogP contribution < -0.4 is 9.47 Å². The number of benzene rings is 1. The summed E-state index contributed by atoms with van der Waals surface area (Å²) < 4.78 is 16.2. The van der Waals surface area contributed by atoms with Gasteiger partial charge in [0.15, 0.2) is 0 Å². The number of nitrogens with one attached hydrogen (secondary N) is 1. The van der Waals surface area contributed by atoms with Gasteiger partial charge in [-0.25, -0.2) is 0 Å². The molecule has 1 aliphatic heterocycles. The highest BCUT2D eigenvalue weighted by Crippen LogP contribution is 2.33. The van der Waals surface area contributed by atoms with Crippen molar-refractivity contribution >= 4 is 23.1 Å². The summed E-state index contributed by atoms with van der Waals surface area (Å²) in [5, 5.41) is 27.4. The molecule has 39 heavy (non-hydrogen) atoms. The van der Waals surface area contributed by atoms with Gasteiger partial charge in [0.05, 0.1) is 40.2 Å². The molecule has 0 spiro atoms. The molecule has 204 valence electrons. The second-order valence-electron chi connectivity index (χ2n) is 10.4. The van der Waals surface area contributed by atoms with Crippen molar-refractivity contribution in [2.24, 2.45) is 0 Å². The fraction of sp³-hybridized carbons (Fsp3) is 0.448. The minimum atomic E-state index is 0.00304. The zero-order chi connectivity index (χ0) is 27.5. The fourth-order valence-electron chi connectivity index (χ4n) is 4.85. The van der Waals surface area contributed by atoms with Crippen LogP contribution in [-0.2, 0) is 19.6 Å². The van der Waals surface area contributed by atoms with Crippen molar-refractivity contribution < 1.29 is 9.47 Å². The molecule has 0 radical (unpaired) electrons. The highest BCUT2D eigenvalue weighted by molar-refractivity contribution is 5.93. The highest BCUT2D eigenvalue weighted by Gasteiger charge is 2.23. The van der Waals surface area contributed by atoms with Crippen molar-refractivity contribution in [1.82, 2.24) is 34.7 Å². The minimum Gasteiger partial charge on any atom is -0.475 e. The number of hydrogen-bond donors (Lipinski definition) is 1. The van der Waals surface area contributed by atoms with E-state index in [4.69, 9.17) is 14.6 Å². The van der Waals surface area contributed by atoms with Gasteiger partial charge >= 0.3 is 0 Å². The van der Waals surface area contributed by atoms with E-state index in [1.54, 1.807) is 4.68 Å². The van der Waals surface area contributed by atoms with E-state index in [1.807, 2.05) is 32.2 Å². The molecule has 2 bridgehead atoms. The third-order valence-corrected chi connectivity index (χ3v) is 6.82. The van der Waals surface area contributed by atoms with Gasteiger partial charge in [-0.05, 0) is 64.0 Å². The topological polar surface area (TPSA) is 110 Å². The number of H-pyrrole nitrogens is 1. The zero-order valence-corrected chi connectivity index (χ0v) is 23.3. The Bertz CT molecular complexity index is 1520. The number of aromatic amines is 1. The zero-order valence-electron chi connectivity index (χ0n) is 23.3. The Morgan fingerprint density at radius 2 is 2.03 bits per heavy atom. The van der Waals surface area contributed by atoms with Gasteiger partial charge in [-0.3, -0.25) is 19.4 Å². The van der Waals surface area contributed by atoms with Gasteiger partial charge in [-0.2, -0.15) is 10.4 Å². The Hall–Kier alpha value is -4.10. The molecule has 0 aliphatic carbocycles. The van der Waals surface area contributed by atoms with Crippen molar-refractivity contribution in [1.29, 1.82) is 5.26 Å². The Morgan fingerprint density at radius 3 is 2.77 bits per heavy atom. The second kappa shape index (κ2) is 11.3. The summed E-state index contributed by atoms with van der Waals surface area (Å²) >= 11 is 0. The number of fused-ring (bicyclic) bond motifs is 4. The van der Waals surface area contributed by atoms with E-state index in [2.05, 4.69) is 69.9 Å². The molecule has 1 aliphatic rings. The van der Waals surface area contributed by atoms with Crippen molar-refractivity contribution in [2.75, 3.05) is 13.2 Å². The molecule has 10 nitrogen and oxygen atoms in total. The van der Waals surface area contributed by atoms with Gasteiger partial charge in [-0.15, -0.1) is 10.2 Å². The van der Waals surface area contributed by atoms with Crippen LogP contribution in [0.1, 0.15) is 58.0 Å². The lowest BCUT2D eigenvalue weighted by molar-refractivity contribution is 0.162. The van der Waals surface area contributed by atoms with Crippen LogP contribution in [0.2, 0.25) is 0 Å². The van der Waals surface area contributed by atoms with E-state index >= 15 is 0 Å². The lowest BCUT2D eigenvalue weighted by Gasteiger charge is -2.27. The molecular formula is C29H36N8O2. The lowest BCUT2D eigenvalue weighted by atomic mass is 10.1. The van der Waals surface area contributed by atoms with E-state index in [0.717, 1.165) is 51.9 Å². The molecule has 0 saturated carbocycles. The molecule has 4 heterocycles. The molecular weight excluding hydrogens is 492 g/mol. The Labute approximate surface area is 228 Å². The van der Waals surface area contributed by atoms with Crippen molar-refractivity contribution in [3.05, 3.63) is 41.3 Å². The number of nitrogens with zero attached hydrogens (tertiary/aromatic N) is 7. The van der Waals surface area contributed by atoms with Crippen molar-refractivity contribution in [2.45, 2.75) is 72.8 Å². The van der Waals surface area contributed by atoms with E-state index in [0.29, 0.717) is 31.5 Å². The van der Waals surface area contributed by atoms with E-state index in [9.17, 15) is 5.26 Å². The molecule has 0 saturated heterocycles. The Balaban J connectivity index is 1.68. The van der Waals surface area contributed by atoms with Crippen LogP contribution in [0.4, 0.5) is 0 Å². The van der Waals surface area contributed by atoms with E-state index in [1.165, 1.54) is 0 Å². The summed E-state index contributed by atoms with van der Waals surface area (Å²) in [7, 11) is 0. The summed E-state index contributed by atoms with van der Waals surface area (Å²) in [4.78, 5) is 2.37. The number of nitriles is 1. The first-order valence-corrected chi connectivity index (χ1v) is 13.6. The highest BCUT2D eigenvalue weighted by atomic mass is 16.5. The molecule has 0 unspecified atom stereocenters. The first kappa shape index (κ1) is 26.5. The van der Waals surface area contributed by atoms with Gasteiger partial charge in [0.2, 0.25) is 11.8 Å². The number of aryl methyl sites for hydroxylation is 1. The summed E-state index contributed by atoms with van der Waals surface area (Å²) in [6.07, 6.45) is 6.99. The van der Waals surface area contributed by atoms with Crippen LogP contribution in [0.15, 0.2) is 24.4 Å². The molecule has 4 aromatic rings. The smallest absolute Gasteiger partial charge is 0.240 e. The Kier molecular flexibility index (Phi) is 7.70. The average Bonchev–Trinajstić information content (AvgIpc) is 3.57. The molecule has 0 atom stereocenters. The molecule has 1 N–H and O–H groups in total. The number of rotatable bonds is 6. The van der Waals surface area contributed by atoms with Crippen LogP contribution in [0, 0.1) is 11.3 Å². The second-order valence-corrected chi connectivity index (χ2v) is 10.4. The fourth-order valence-corrected chi connectivity index (χ4v) is 4.85. The van der Waals surface area contributed by atoms with Gasteiger partial charge in [0.25, 0.3) is 0 Å². The van der Waals surface area contributed by atoms with Crippen LogP contribution in [-0.4, -0.2) is 60.0 Å². The van der Waals surface area contributed by atoms with Crippen LogP contribution >= 0.6 is 0 Å². The van der Waals surface area contributed by atoms with Crippen molar-refractivity contribution in [3.8, 4) is 29.0 Å². The first-order chi connectivity index (χ1) is 18.9. The SMILES string of the molecule is CCCn1nc(OC(C)C)c2c1CN(C(C)C)CCOc1nn(CC#N)cc1-c1ccc3n[nH]c(c3c1)/C=C/2. The van der Waals surface area contributed by atoms with Gasteiger partial charge in [0.1, 0.15) is 13.2 Å². The molecule has 1 aromatic carbocycles. The van der Waals surface area contributed by atoms with Gasteiger partial charge < -0.3 is 9.47 Å². The Morgan fingerprint density at radius 1 is 1.18 bits per heavy atom. The van der Waals surface area contributed by atoms with Crippen LogP contribution in [0.25, 0.3) is 34.2 Å². The number of ether oxygens (including phenoxy) is 2. The predicted molar refractivity (Wildman–Crippen MR) is 151 cm³/mol. The number of aromatic nitrogens is 6. The predicted octanol–water partition coefficient (Wildman–Crippen LogP) is 5.12. The normalized spacial score (nSPS) is 15.0. The minimum absolute atomic E-state index is 0.00304. The van der Waals surface area contributed by atoms with Crippen molar-refractivity contribution in [3.63, 3.8) is 0 Å². The summed E-state index contributed by atoms with van der Waals surface area (Å²) in [5.74, 6) is 1.17. The molecule has 10 heteroatoms. The van der Waals surface area contributed by atoms with Gasteiger partial charge in [-0.1, -0.05) is 13.0 Å². The maximum absolute atomic E-state index is 9.24. The maximum atomic E-state index is 9.24. The standard InChI is InChI=1S/C29H36N8O2/c1-6-12-37-27-18-35(19(2)3)14-15-38-28-24(17-36(33-28)13-11-30)21-7-9-25-23(16-21)26(32-31-25)10-8-22(27)29(34-37)39-20(4)5/h7-10,16-17,19-20H,6,12-15,18H2,1-5H3,(H,31,32)/b10-8+. The largest absolute Gasteiger partial charge is 0.475 e. The van der Waals surface area contributed by atoms with E-state index in [-0.39, 0.29) is 18.7 Å². The van der Waals surface area contributed by atoms with E-state index < -0.39 is 0 Å². The molecule has 0 fully saturated rings. The van der Waals surface area contributed by atoms with Crippen LogP contribution in [0.5, 0.6) is 11.8 Å². The quantitative estimate of drug-likeness (QED) is 0.370. The molecule has 0 amide bonds. The third kappa shape index (κ3) is 5.54. The summed E-state index contributed by atoms with van der Waals surface area (Å²) in [6, 6.07) is 8.53. The number of hydrogen-bond acceptors (Lipinski definition) is 7. The molecule has 5 rings (SSSR count). The summed E-state index contributed by atoms with van der Waals surface area (Å²) in [5.41, 5.74) is 5.64. The van der Waals surface area contributed by atoms with Gasteiger partial charge in [0, 0.05) is 37.3 Å². The van der Waals surface area contributed by atoms with Crippen LogP contribution in [0.3, 0.4) is 0 Å². The average molecular weight is 529 g/mol.